The molecule has 1 aromatic carbocycles. The zero-order valence-electron chi connectivity index (χ0n) is 16.9. The summed E-state index contributed by atoms with van der Waals surface area (Å²) in [6, 6.07) is 5.70. The molecule has 0 unspecified atom stereocenters. The fourth-order valence-corrected chi connectivity index (χ4v) is 6.54. The standard InChI is InChI=1S/C19H27N3O4S3/c1-19(2,26-3)6-9-27-18-21-15-5-4-14(12-16(15)28-18)20-17(23)13-22-7-10-29(24,25)11-8-22/h4-5,12H,6-11,13H2,1-3H3,(H,20,23). The van der Waals surface area contributed by atoms with Crippen molar-refractivity contribution >= 4 is 54.7 Å². The number of sulfone groups is 1. The summed E-state index contributed by atoms with van der Waals surface area (Å²) < 4.78 is 30.5. The summed E-state index contributed by atoms with van der Waals surface area (Å²) in [5.74, 6) is 1.03. The number of carbonyl (C=O) groups excluding carboxylic acids is 1. The lowest BCUT2D eigenvalue weighted by Crippen LogP contribution is -2.43. The lowest BCUT2D eigenvalue weighted by Gasteiger charge is -2.25. The minimum absolute atomic E-state index is 0.120. The van der Waals surface area contributed by atoms with Crippen LogP contribution in [-0.2, 0) is 19.4 Å². The molecule has 1 fully saturated rings. The number of thioether (sulfide) groups is 1. The molecule has 1 aliphatic heterocycles. The predicted molar refractivity (Wildman–Crippen MR) is 120 cm³/mol. The first-order chi connectivity index (χ1) is 13.7. The van der Waals surface area contributed by atoms with Crippen molar-refractivity contribution in [1.82, 2.24) is 9.88 Å². The fourth-order valence-electron chi connectivity index (χ4n) is 2.84. The molecule has 1 saturated heterocycles. The molecule has 160 valence electrons. The van der Waals surface area contributed by atoms with E-state index in [0.717, 1.165) is 32.4 Å². The van der Waals surface area contributed by atoms with Crippen LogP contribution in [0.15, 0.2) is 22.5 Å². The molecule has 2 aromatic rings. The van der Waals surface area contributed by atoms with Gasteiger partial charge in [-0.2, -0.15) is 0 Å². The van der Waals surface area contributed by atoms with Gasteiger partial charge in [0.15, 0.2) is 14.2 Å². The number of aromatic nitrogens is 1. The molecule has 0 bridgehead atoms. The summed E-state index contributed by atoms with van der Waals surface area (Å²) in [7, 11) is -1.21. The Morgan fingerprint density at radius 3 is 2.76 bits per heavy atom. The highest BCUT2D eigenvalue weighted by molar-refractivity contribution is 8.01. The summed E-state index contributed by atoms with van der Waals surface area (Å²) in [5, 5.41) is 2.91. The zero-order chi connectivity index (χ0) is 21.1. The molecule has 29 heavy (non-hydrogen) atoms. The first-order valence-electron chi connectivity index (χ1n) is 9.47. The average Bonchev–Trinajstić information content (AvgIpc) is 3.05. The molecule has 1 aliphatic rings. The molecule has 0 aliphatic carbocycles. The van der Waals surface area contributed by atoms with E-state index in [-0.39, 0.29) is 29.6 Å². The molecular formula is C19H27N3O4S3. The number of benzene rings is 1. The van der Waals surface area contributed by atoms with Gasteiger partial charge in [0, 0.05) is 31.6 Å². The molecule has 1 amide bonds. The topological polar surface area (TPSA) is 88.6 Å². The number of fused-ring (bicyclic) bond motifs is 1. The molecule has 1 N–H and O–H groups in total. The maximum atomic E-state index is 12.3. The number of rotatable bonds is 8. The van der Waals surface area contributed by atoms with Gasteiger partial charge in [0.25, 0.3) is 0 Å². The van der Waals surface area contributed by atoms with Gasteiger partial charge in [-0.25, -0.2) is 13.4 Å². The average molecular weight is 458 g/mol. The van der Waals surface area contributed by atoms with Crippen LogP contribution >= 0.6 is 23.1 Å². The van der Waals surface area contributed by atoms with Crippen molar-refractivity contribution in [3.05, 3.63) is 18.2 Å². The second-order valence-corrected chi connectivity index (χ2v) is 12.4. The maximum Gasteiger partial charge on any atom is 0.238 e. The van der Waals surface area contributed by atoms with E-state index in [1.807, 2.05) is 23.1 Å². The zero-order valence-corrected chi connectivity index (χ0v) is 19.4. The normalized spacial score (nSPS) is 17.5. The van der Waals surface area contributed by atoms with Gasteiger partial charge in [0.1, 0.15) is 0 Å². The van der Waals surface area contributed by atoms with E-state index in [1.165, 1.54) is 0 Å². The van der Waals surface area contributed by atoms with E-state index in [2.05, 4.69) is 24.1 Å². The quantitative estimate of drug-likeness (QED) is 0.610. The molecule has 0 saturated carbocycles. The molecule has 7 nitrogen and oxygen atoms in total. The number of nitrogens with one attached hydrogen (secondary N) is 1. The molecule has 3 rings (SSSR count). The number of carbonyl (C=O) groups is 1. The molecule has 1 aromatic heterocycles. The third-order valence-electron chi connectivity index (χ3n) is 4.94. The number of nitrogens with zero attached hydrogens (tertiary/aromatic N) is 2. The van der Waals surface area contributed by atoms with E-state index >= 15 is 0 Å². The van der Waals surface area contributed by atoms with E-state index in [9.17, 15) is 13.2 Å². The minimum atomic E-state index is -2.94. The van der Waals surface area contributed by atoms with Crippen molar-refractivity contribution in [3.8, 4) is 0 Å². The van der Waals surface area contributed by atoms with Crippen molar-refractivity contribution in [2.75, 3.05) is 49.3 Å². The van der Waals surface area contributed by atoms with Crippen molar-refractivity contribution < 1.29 is 17.9 Å². The van der Waals surface area contributed by atoms with Gasteiger partial charge in [-0.15, -0.1) is 11.3 Å². The number of hydrogen-bond donors (Lipinski definition) is 1. The lowest BCUT2D eigenvalue weighted by molar-refractivity contribution is -0.117. The summed E-state index contributed by atoms with van der Waals surface area (Å²) in [6.45, 7) is 5.16. The highest BCUT2D eigenvalue weighted by Gasteiger charge is 2.23. The molecule has 2 heterocycles. The van der Waals surface area contributed by atoms with Crippen LogP contribution in [0, 0.1) is 0 Å². The van der Waals surface area contributed by atoms with E-state index in [4.69, 9.17) is 4.74 Å². The van der Waals surface area contributed by atoms with Gasteiger partial charge in [0.2, 0.25) is 5.91 Å². The van der Waals surface area contributed by atoms with Crippen molar-refractivity contribution in [2.45, 2.75) is 30.2 Å². The Morgan fingerprint density at radius 1 is 1.34 bits per heavy atom. The van der Waals surface area contributed by atoms with E-state index in [1.54, 1.807) is 30.2 Å². The van der Waals surface area contributed by atoms with Crippen LogP contribution in [-0.4, -0.2) is 73.8 Å². The predicted octanol–water partition coefficient (Wildman–Crippen LogP) is 2.87. The third-order valence-corrected chi connectivity index (χ3v) is 8.71. The van der Waals surface area contributed by atoms with Crippen LogP contribution in [0.4, 0.5) is 5.69 Å². The molecule has 0 atom stereocenters. The SMILES string of the molecule is COC(C)(C)CCSc1nc2ccc(NC(=O)CN3CCS(=O)(=O)CC3)cc2s1. The van der Waals surface area contributed by atoms with Crippen molar-refractivity contribution in [3.63, 3.8) is 0 Å². The molecule has 10 heteroatoms. The van der Waals surface area contributed by atoms with Gasteiger partial charge >= 0.3 is 0 Å². The van der Waals surface area contributed by atoms with Gasteiger partial charge in [-0.3, -0.25) is 9.69 Å². The van der Waals surface area contributed by atoms with E-state index in [0.29, 0.717) is 13.1 Å². The lowest BCUT2D eigenvalue weighted by atomic mass is 10.1. The number of thiazole rings is 1. The first-order valence-corrected chi connectivity index (χ1v) is 13.1. The highest BCUT2D eigenvalue weighted by atomic mass is 32.2. The van der Waals surface area contributed by atoms with Crippen LogP contribution in [0.3, 0.4) is 0 Å². The Bertz CT molecular complexity index is 958. The smallest absolute Gasteiger partial charge is 0.238 e. The Hall–Kier alpha value is -1.20. The second-order valence-electron chi connectivity index (χ2n) is 7.70. The summed E-state index contributed by atoms with van der Waals surface area (Å²) >= 11 is 3.33. The number of amides is 1. The summed E-state index contributed by atoms with van der Waals surface area (Å²) in [6.07, 6.45) is 0.934. The first kappa shape index (κ1) is 22.5. The van der Waals surface area contributed by atoms with Gasteiger partial charge in [0.05, 0.1) is 33.9 Å². The van der Waals surface area contributed by atoms with Crippen LogP contribution in [0.2, 0.25) is 0 Å². The Labute approximate surface area is 180 Å². The fraction of sp³-hybridized carbons (Fsp3) is 0.579. The number of methoxy groups -OCH3 is 1. The largest absolute Gasteiger partial charge is 0.379 e. The Kier molecular flexibility index (Phi) is 7.21. The summed E-state index contributed by atoms with van der Waals surface area (Å²) in [5.41, 5.74) is 1.51. The third kappa shape index (κ3) is 6.65. The molecular weight excluding hydrogens is 430 g/mol. The Morgan fingerprint density at radius 2 is 2.07 bits per heavy atom. The van der Waals surface area contributed by atoms with Gasteiger partial charge in [-0.1, -0.05) is 11.8 Å². The summed E-state index contributed by atoms with van der Waals surface area (Å²) in [4.78, 5) is 18.8. The van der Waals surface area contributed by atoms with Crippen molar-refractivity contribution in [2.24, 2.45) is 0 Å². The van der Waals surface area contributed by atoms with Crippen LogP contribution in [0.5, 0.6) is 0 Å². The minimum Gasteiger partial charge on any atom is -0.379 e. The maximum absolute atomic E-state index is 12.3. The monoisotopic (exact) mass is 457 g/mol. The highest BCUT2D eigenvalue weighted by Crippen LogP contribution is 2.32. The number of anilines is 1. The second kappa shape index (κ2) is 9.30. The van der Waals surface area contributed by atoms with Crippen LogP contribution in [0.1, 0.15) is 20.3 Å². The van der Waals surface area contributed by atoms with Crippen LogP contribution in [0.25, 0.3) is 10.2 Å². The molecule has 0 spiro atoms. The number of hydrogen-bond acceptors (Lipinski definition) is 8. The van der Waals surface area contributed by atoms with Crippen LogP contribution < -0.4 is 5.32 Å². The van der Waals surface area contributed by atoms with Gasteiger partial charge < -0.3 is 10.1 Å². The Balaban J connectivity index is 1.54. The van der Waals surface area contributed by atoms with Gasteiger partial charge in [-0.05, 0) is 38.5 Å². The van der Waals surface area contributed by atoms with Crippen molar-refractivity contribution in [1.29, 1.82) is 0 Å². The number of ether oxygens (including phenoxy) is 1. The molecule has 0 radical (unpaired) electrons. The van der Waals surface area contributed by atoms with E-state index < -0.39 is 9.84 Å².